The predicted octanol–water partition coefficient (Wildman–Crippen LogP) is 5.91. The average Bonchev–Trinajstić information content (AvgIpc) is 2.16. The molecule has 18 heavy (non-hydrogen) atoms. The lowest BCUT2D eigenvalue weighted by Crippen LogP contribution is -2.31. The zero-order valence-electron chi connectivity index (χ0n) is 12.3. The first-order valence-corrected chi connectivity index (χ1v) is 12.2. The molecule has 0 saturated heterocycles. The van der Waals surface area contributed by atoms with Crippen molar-refractivity contribution in [3.63, 3.8) is 0 Å². The summed E-state index contributed by atoms with van der Waals surface area (Å²) in [5, 5.41) is 0. The highest BCUT2D eigenvalue weighted by atomic mass is 79.9. The SMILES string of the molecule is Cc1cc(SBr)c(O[Si](C)(C)C)c(C(C)(C)C)c1. The zero-order valence-corrected chi connectivity index (χ0v) is 15.8. The van der Waals surface area contributed by atoms with Gasteiger partial charge in [-0.1, -0.05) is 26.8 Å². The summed E-state index contributed by atoms with van der Waals surface area (Å²) < 4.78 is 6.32. The van der Waals surface area contributed by atoms with Crippen molar-refractivity contribution in [3.8, 4) is 5.75 Å². The Kier molecular flexibility index (Phi) is 5.01. The first kappa shape index (κ1) is 16.1. The molecule has 0 spiro atoms. The Bertz CT molecular complexity index is 433. The molecule has 0 aromatic heterocycles. The maximum absolute atomic E-state index is 6.32. The molecule has 0 aliphatic carbocycles. The minimum atomic E-state index is -1.61. The van der Waals surface area contributed by atoms with Crippen LogP contribution < -0.4 is 4.43 Å². The molecule has 0 unspecified atom stereocenters. The van der Waals surface area contributed by atoms with Crippen molar-refractivity contribution in [2.24, 2.45) is 0 Å². The fourth-order valence-electron chi connectivity index (χ4n) is 1.77. The van der Waals surface area contributed by atoms with Gasteiger partial charge >= 0.3 is 0 Å². The molecule has 0 aliphatic rings. The molecule has 0 radical (unpaired) electrons. The van der Waals surface area contributed by atoms with Gasteiger partial charge in [0.25, 0.3) is 0 Å². The number of aryl methyl sites for hydroxylation is 1. The zero-order chi connectivity index (χ0) is 14.1. The van der Waals surface area contributed by atoms with E-state index in [2.05, 4.69) is 74.3 Å². The Morgan fingerprint density at radius 2 is 1.72 bits per heavy atom. The largest absolute Gasteiger partial charge is 0.543 e. The van der Waals surface area contributed by atoms with E-state index in [0.717, 1.165) is 5.75 Å². The van der Waals surface area contributed by atoms with Gasteiger partial charge in [0, 0.05) is 0 Å². The van der Waals surface area contributed by atoms with E-state index in [1.54, 1.807) is 10.2 Å². The number of rotatable bonds is 3. The van der Waals surface area contributed by atoms with Crippen LogP contribution in [0.2, 0.25) is 19.6 Å². The number of hydrogen-bond acceptors (Lipinski definition) is 2. The van der Waals surface area contributed by atoms with Gasteiger partial charge in [-0.2, -0.15) is 0 Å². The third kappa shape index (κ3) is 4.32. The van der Waals surface area contributed by atoms with E-state index in [1.807, 2.05) is 0 Å². The fraction of sp³-hybridized carbons (Fsp3) is 0.571. The monoisotopic (exact) mass is 346 g/mol. The Morgan fingerprint density at radius 3 is 2.11 bits per heavy atom. The van der Waals surface area contributed by atoms with Gasteiger partial charge in [0.05, 0.1) is 4.90 Å². The molecule has 1 rings (SSSR count). The van der Waals surface area contributed by atoms with Gasteiger partial charge < -0.3 is 4.43 Å². The standard InChI is InChI=1S/C14H23BrOSSi/c1-10-8-11(14(2,3)4)13(12(9-10)17-15)16-18(5,6)7/h8-9H,1-7H3. The summed E-state index contributed by atoms with van der Waals surface area (Å²) in [6, 6.07) is 4.44. The van der Waals surface area contributed by atoms with Crippen LogP contribution in [-0.4, -0.2) is 8.32 Å². The van der Waals surface area contributed by atoms with Gasteiger partial charge in [0.15, 0.2) is 0 Å². The van der Waals surface area contributed by atoms with Crippen LogP contribution in [0.25, 0.3) is 0 Å². The van der Waals surface area contributed by atoms with Crippen molar-refractivity contribution in [2.45, 2.75) is 57.6 Å². The molecule has 1 aromatic rings. The molecule has 1 aromatic carbocycles. The molecule has 0 saturated carbocycles. The maximum atomic E-state index is 6.32. The van der Waals surface area contributed by atoms with Crippen LogP contribution in [0.4, 0.5) is 0 Å². The smallest absolute Gasteiger partial charge is 0.242 e. The minimum absolute atomic E-state index is 0.0957. The van der Waals surface area contributed by atoms with E-state index < -0.39 is 8.32 Å². The van der Waals surface area contributed by atoms with Gasteiger partial charge in [-0.25, -0.2) is 0 Å². The molecule has 0 bridgehead atoms. The molecule has 0 amide bonds. The molecular formula is C14H23BrOSSi. The van der Waals surface area contributed by atoms with Crippen molar-refractivity contribution in [1.29, 1.82) is 0 Å². The van der Waals surface area contributed by atoms with E-state index in [9.17, 15) is 0 Å². The molecule has 0 aliphatic heterocycles. The normalized spacial score (nSPS) is 12.7. The molecule has 0 N–H and O–H groups in total. The van der Waals surface area contributed by atoms with E-state index in [1.165, 1.54) is 16.0 Å². The van der Waals surface area contributed by atoms with Crippen LogP contribution >= 0.6 is 25.0 Å². The van der Waals surface area contributed by atoms with Crippen molar-refractivity contribution < 1.29 is 4.43 Å². The quantitative estimate of drug-likeness (QED) is 0.629. The van der Waals surface area contributed by atoms with Crippen LogP contribution in [0.15, 0.2) is 17.0 Å². The van der Waals surface area contributed by atoms with Gasteiger partial charge in [-0.05, 0) is 74.2 Å². The van der Waals surface area contributed by atoms with E-state index in [4.69, 9.17) is 4.43 Å². The highest BCUT2D eigenvalue weighted by Gasteiger charge is 2.26. The number of halogens is 1. The number of hydrogen-bond donors (Lipinski definition) is 0. The van der Waals surface area contributed by atoms with Crippen molar-refractivity contribution in [1.82, 2.24) is 0 Å². The predicted molar refractivity (Wildman–Crippen MR) is 88.6 cm³/mol. The van der Waals surface area contributed by atoms with Crippen molar-refractivity contribution in [2.75, 3.05) is 0 Å². The van der Waals surface area contributed by atoms with Gasteiger partial charge in [0.1, 0.15) is 5.75 Å². The second-order valence-electron chi connectivity index (χ2n) is 6.68. The summed E-state index contributed by atoms with van der Waals surface area (Å²) in [4.78, 5) is 1.18. The molecule has 0 fully saturated rings. The molecule has 4 heteroatoms. The van der Waals surface area contributed by atoms with E-state index >= 15 is 0 Å². The summed E-state index contributed by atoms with van der Waals surface area (Å²) >= 11 is 3.50. The molecular weight excluding hydrogens is 324 g/mol. The molecule has 0 heterocycles. The summed E-state index contributed by atoms with van der Waals surface area (Å²) in [6.45, 7) is 15.5. The Balaban J connectivity index is 3.43. The highest BCUT2D eigenvalue weighted by molar-refractivity contribution is 9.50. The summed E-state index contributed by atoms with van der Waals surface area (Å²) in [5.74, 6) is 1.06. The van der Waals surface area contributed by atoms with Crippen LogP contribution in [0.5, 0.6) is 5.75 Å². The van der Waals surface area contributed by atoms with Crippen LogP contribution in [0, 0.1) is 6.92 Å². The number of benzene rings is 1. The first-order chi connectivity index (χ1) is 8.04. The average molecular weight is 347 g/mol. The highest BCUT2D eigenvalue weighted by Crippen LogP contribution is 2.42. The lowest BCUT2D eigenvalue weighted by molar-refractivity contribution is 0.497. The second-order valence-corrected chi connectivity index (χ2v) is 12.7. The Hall–Kier alpha value is 0.0669. The molecule has 1 nitrogen and oxygen atoms in total. The third-order valence-electron chi connectivity index (χ3n) is 2.50. The maximum Gasteiger partial charge on any atom is 0.242 e. The van der Waals surface area contributed by atoms with Crippen LogP contribution in [-0.2, 0) is 5.41 Å². The lowest BCUT2D eigenvalue weighted by atomic mass is 9.85. The van der Waals surface area contributed by atoms with Gasteiger partial charge in [-0.15, -0.1) is 0 Å². The summed E-state index contributed by atoms with van der Waals surface area (Å²) in [5.41, 5.74) is 2.68. The summed E-state index contributed by atoms with van der Waals surface area (Å²) in [7, 11) is -0.0172. The van der Waals surface area contributed by atoms with Crippen molar-refractivity contribution >= 4 is 33.3 Å². The first-order valence-electron chi connectivity index (χ1n) is 6.17. The Morgan fingerprint density at radius 1 is 1.17 bits per heavy atom. The fourth-order valence-corrected chi connectivity index (χ4v) is 3.85. The van der Waals surface area contributed by atoms with E-state index in [-0.39, 0.29) is 5.41 Å². The molecule has 0 atom stereocenters. The molecule has 102 valence electrons. The third-order valence-corrected chi connectivity index (χ3v) is 4.83. The minimum Gasteiger partial charge on any atom is -0.543 e. The van der Waals surface area contributed by atoms with Crippen LogP contribution in [0.3, 0.4) is 0 Å². The lowest BCUT2D eigenvalue weighted by Gasteiger charge is -2.29. The van der Waals surface area contributed by atoms with Gasteiger partial charge in [0.2, 0.25) is 8.32 Å². The van der Waals surface area contributed by atoms with Gasteiger partial charge in [-0.3, -0.25) is 0 Å². The van der Waals surface area contributed by atoms with E-state index in [0.29, 0.717) is 0 Å². The Labute approximate surface area is 124 Å². The second kappa shape index (κ2) is 5.59. The van der Waals surface area contributed by atoms with Crippen LogP contribution in [0.1, 0.15) is 31.9 Å². The topological polar surface area (TPSA) is 9.23 Å². The summed E-state index contributed by atoms with van der Waals surface area (Å²) in [6.07, 6.45) is 0. The van der Waals surface area contributed by atoms with Crippen molar-refractivity contribution in [3.05, 3.63) is 23.3 Å².